The highest BCUT2D eigenvalue weighted by Crippen LogP contribution is 2.53. The third-order valence-corrected chi connectivity index (χ3v) is 5.12. The summed E-state index contributed by atoms with van der Waals surface area (Å²) in [4.78, 5) is 0. The summed E-state index contributed by atoms with van der Waals surface area (Å²) < 4.78 is 0. The van der Waals surface area contributed by atoms with Gasteiger partial charge < -0.3 is 5.11 Å². The highest BCUT2D eigenvalue weighted by atomic mass is 16.3. The zero-order valence-corrected chi connectivity index (χ0v) is 8.99. The van der Waals surface area contributed by atoms with Gasteiger partial charge in [-0.05, 0) is 55.8 Å². The molecule has 80 valence electrons. The summed E-state index contributed by atoms with van der Waals surface area (Å²) in [5.74, 6) is 3.62. The van der Waals surface area contributed by atoms with Gasteiger partial charge in [0.25, 0.3) is 0 Å². The maximum Gasteiger partial charge on any atom is 0.0571 e. The molecule has 0 aromatic carbocycles. The molecule has 3 unspecified atom stereocenters. The van der Waals surface area contributed by atoms with Gasteiger partial charge in [0, 0.05) is 0 Å². The van der Waals surface area contributed by atoms with Gasteiger partial charge in [-0.25, -0.2) is 0 Å². The van der Waals surface area contributed by atoms with E-state index in [-0.39, 0.29) is 6.10 Å². The summed E-state index contributed by atoms with van der Waals surface area (Å²) >= 11 is 0. The van der Waals surface area contributed by atoms with Crippen LogP contribution in [0.3, 0.4) is 0 Å². The summed E-state index contributed by atoms with van der Waals surface area (Å²) in [5, 5.41) is 10.1. The van der Waals surface area contributed by atoms with E-state index in [0.29, 0.717) is 5.92 Å². The van der Waals surface area contributed by atoms with Crippen molar-refractivity contribution in [1.29, 1.82) is 0 Å². The molecule has 3 saturated carbocycles. The van der Waals surface area contributed by atoms with Gasteiger partial charge in [0.15, 0.2) is 0 Å². The molecule has 14 heavy (non-hydrogen) atoms. The maximum atomic E-state index is 10.1. The summed E-state index contributed by atoms with van der Waals surface area (Å²) in [6.45, 7) is 0. The van der Waals surface area contributed by atoms with Crippen molar-refractivity contribution in [3.8, 4) is 0 Å². The fraction of sp³-hybridized carbons (Fsp3) is 1.00. The van der Waals surface area contributed by atoms with Gasteiger partial charge in [-0.1, -0.05) is 19.3 Å². The number of rotatable bonds is 1. The molecule has 0 aliphatic heterocycles. The Kier molecular flexibility index (Phi) is 2.31. The standard InChI is InChI=1S/C13H22O/c14-13-4-2-1-3-11(13)12-8-9-5-6-10(12)7-9/h9-14H,1-8H2/t9?,10?,11-,12?,13+/m0/s1. The lowest BCUT2D eigenvalue weighted by molar-refractivity contribution is 0.0199. The Bertz CT molecular complexity index is 213. The Morgan fingerprint density at radius 3 is 2.29 bits per heavy atom. The summed E-state index contributed by atoms with van der Waals surface area (Å²) in [6, 6.07) is 0. The molecule has 3 aliphatic carbocycles. The summed E-state index contributed by atoms with van der Waals surface area (Å²) in [6.07, 6.45) is 11.0. The number of aliphatic hydroxyl groups is 1. The summed E-state index contributed by atoms with van der Waals surface area (Å²) in [7, 11) is 0. The molecule has 1 N–H and O–H groups in total. The van der Waals surface area contributed by atoms with Crippen molar-refractivity contribution >= 4 is 0 Å². The second-order valence-electron chi connectivity index (χ2n) is 5.85. The predicted octanol–water partition coefficient (Wildman–Crippen LogP) is 2.97. The predicted molar refractivity (Wildman–Crippen MR) is 56.9 cm³/mol. The van der Waals surface area contributed by atoms with Crippen molar-refractivity contribution in [3.63, 3.8) is 0 Å². The van der Waals surface area contributed by atoms with Crippen molar-refractivity contribution in [3.05, 3.63) is 0 Å². The quantitative estimate of drug-likeness (QED) is 0.680. The molecule has 1 heteroatoms. The number of fused-ring (bicyclic) bond motifs is 2. The first-order chi connectivity index (χ1) is 6.84. The Hall–Kier alpha value is -0.0400. The highest BCUT2D eigenvalue weighted by molar-refractivity contribution is 4.95. The molecule has 0 aromatic heterocycles. The van der Waals surface area contributed by atoms with E-state index in [1.54, 1.807) is 0 Å². The van der Waals surface area contributed by atoms with Crippen molar-refractivity contribution in [2.45, 2.75) is 57.5 Å². The monoisotopic (exact) mass is 194 g/mol. The van der Waals surface area contributed by atoms with E-state index in [4.69, 9.17) is 0 Å². The SMILES string of the molecule is O[C@@H]1CCCC[C@H]1C1CC2CCC1C2. The molecule has 1 nitrogen and oxygen atoms in total. The minimum atomic E-state index is 0.0492. The third kappa shape index (κ3) is 1.41. The Morgan fingerprint density at radius 2 is 1.64 bits per heavy atom. The van der Waals surface area contributed by atoms with Crippen LogP contribution in [0.5, 0.6) is 0 Å². The van der Waals surface area contributed by atoms with Gasteiger partial charge >= 0.3 is 0 Å². The van der Waals surface area contributed by atoms with Crippen LogP contribution in [0.15, 0.2) is 0 Å². The van der Waals surface area contributed by atoms with E-state index in [1.165, 1.54) is 44.9 Å². The van der Waals surface area contributed by atoms with Crippen molar-refractivity contribution < 1.29 is 5.11 Å². The molecule has 3 aliphatic rings. The fourth-order valence-corrected chi connectivity index (χ4v) is 4.46. The molecule has 0 spiro atoms. The number of hydrogen-bond acceptors (Lipinski definition) is 1. The van der Waals surface area contributed by atoms with E-state index in [2.05, 4.69) is 0 Å². The van der Waals surface area contributed by atoms with Crippen LogP contribution in [0, 0.1) is 23.7 Å². The van der Waals surface area contributed by atoms with Gasteiger partial charge in [-0.3, -0.25) is 0 Å². The smallest absolute Gasteiger partial charge is 0.0571 e. The summed E-state index contributed by atoms with van der Waals surface area (Å²) in [5.41, 5.74) is 0. The Labute approximate surface area is 86.9 Å². The molecule has 2 bridgehead atoms. The second kappa shape index (κ2) is 3.52. The van der Waals surface area contributed by atoms with Crippen LogP contribution >= 0.6 is 0 Å². The average molecular weight is 194 g/mol. The lowest BCUT2D eigenvalue weighted by atomic mass is 9.71. The zero-order chi connectivity index (χ0) is 9.54. The van der Waals surface area contributed by atoms with Crippen LogP contribution in [0.2, 0.25) is 0 Å². The molecule has 3 fully saturated rings. The van der Waals surface area contributed by atoms with Crippen molar-refractivity contribution in [2.75, 3.05) is 0 Å². The van der Waals surface area contributed by atoms with Crippen LogP contribution in [0.4, 0.5) is 0 Å². The first-order valence-electron chi connectivity index (χ1n) is 6.52. The van der Waals surface area contributed by atoms with E-state index in [9.17, 15) is 5.11 Å². The first kappa shape index (κ1) is 9.21. The van der Waals surface area contributed by atoms with E-state index in [1.807, 2.05) is 0 Å². The Morgan fingerprint density at radius 1 is 0.786 bits per heavy atom. The van der Waals surface area contributed by atoms with E-state index < -0.39 is 0 Å². The molecule has 0 radical (unpaired) electrons. The molecule has 0 aromatic rings. The molecule has 0 saturated heterocycles. The zero-order valence-electron chi connectivity index (χ0n) is 8.99. The minimum absolute atomic E-state index is 0.0492. The fourth-order valence-electron chi connectivity index (χ4n) is 4.46. The van der Waals surface area contributed by atoms with Crippen molar-refractivity contribution in [2.24, 2.45) is 23.7 Å². The lowest BCUT2D eigenvalue weighted by Gasteiger charge is -2.36. The topological polar surface area (TPSA) is 20.2 Å². The average Bonchev–Trinajstić information content (AvgIpc) is 2.79. The third-order valence-electron chi connectivity index (χ3n) is 5.12. The highest BCUT2D eigenvalue weighted by Gasteiger charge is 2.45. The van der Waals surface area contributed by atoms with E-state index >= 15 is 0 Å². The second-order valence-corrected chi connectivity index (χ2v) is 5.85. The molecular weight excluding hydrogens is 172 g/mol. The minimum Gasteiger partial charge on any atom is -0.393 e. The van der Waals surface area contributed by atoms with Gasteiger partial charge in [-0.15, -0.1) is 0 Å². The maximum absolute atomic E-state index is 10.1. The van der Waals surface area contributed by atoms with Gasteiger partial charge in [0.05, 0.1) is 6.10 Å². The van der Waals surface area contributed by atoms with E-state index in [0.717, 1.165) is 24.2 Å². The molecule has 0 heterocycles. The molecule has 0 amide bonds. The normalized spacial score (nSPS) is 52.5. The largest absolute Gasteiger partial charge is 0.393 e. The molecular formula is C13H22O. The van der Waals surface area contributed by atoms with Crippen LogP contribution < -0.4 is 0 Å². The first-order valence-corrected chi connectivity index (χ1v) is 6.52. The number of hydrogen-bond donors (Lipinski definition) is 1. The van der Waals surface area contributed by atoms with Crippen LogP contribution in [0.25, 0.3) is 0 Å². The molecule has 5 atom stereocenters. The van der Waals surface area contributed by atoms with Crippen LogP contribution in [-0.4, -0.2) is 11.2 Å². The number of aliphatic hydroxyl groups excluding tert-OH is 1. The Balaban J connectivity index is 1.69. The van der Waals surface area contributed by atoms with Gasteiger partial charge in [-0.2, -0.15) is 0 Å². The lowest BCUT2D eigenvalue weighted by Crippen LogP contribution is -2.33. The van der Waals surface area contributed by atoms with Crippen molar-refractivity contribution in [1.82, 2.24) is 0 Å². The van der Waals surface area contributed by atoms with Crippen LogP contribution in [-0.2, 0) is 0 Å². The molecule has 3 rings (SSSR count). The van der Waals surface area contributed by atoms with Crippen LogP contribution in [0.1, 0.15) is 51.4 Å². The van der Waals surface area contributed by atoms with Gasteiger partial charge in [0.2, 0.25) is 0 Å². The van der Waals surface area contributed by atoms with Gasteiger partial charge in [0.1, 0.15) is 0 Å².